The highest BCUT2D eigenvalue weighted by atomic mass is 16.5. The van der Waals surface area contributed by atoms with Crippen LogP contribution >= 0.6 is 0 Å². The highest BCUT2D eigenvalue weighted by Gasteiger charge is 2.25. The fraction of sp³-hybridized carbons (Fsp3) is 0.500. The van der Waals surface area contributed by atoms with E-state index in [-0.39, 0.29) is 6.10 Å². The van der Waals surface area contributed by atoms with E-state index in [2.05, 4.69) is 30.8 Å². The molecular formula is C16H23N5O. The van der Waals surface area contributed by atoms with Crippen molar-refractivity contribution in [3.8, 4) is 0 Å². The lowest BCUT2D eigenvalue weighted by Crippen LogP contribution is -2.38. The molecule has 0 radical (unpaired) electrons. The van der Waals surface area contributed by atoms with Crippen LogP contribution in [0, 0.1) is 6.92 Å². The SMILES string of the molecule is CNc1ncccc1CN1CCO[C@H](c2nc(C)cn2C)C1. The van der Waals surface area contributed by atoms with Gasteiger partial charge in [0.25, 0.3) is 0 Å². The highest BCUT2D eigenvalue weighted by molar-refractivity contribution is 5.42. The van der Waals surface area contributed by atoms with E-state index in [1.807, 2.05) is 39.5 Å². The van der Waals surface area contributed by atoms with Gasteiger partial charge in [-0.2, -0.15) is 0 Å². The topological polar surface area (TPSA) is 55.2 Å². The molecule has 0 amide bonds. The van der Waals surface area contributed by atoms with E-state index in [1.54, 1.807) is 0 Å². The third-order valence-corrected chi connectivity index (χ3v) is 3.99. The van der Waals surface area contributed by atoms with Gasteiger partial charge in [-0.25, -0.2) is 9.97 Å². The number of rotatable bonds is 4. The normalized spacial score (nSPS) is 19.3. The summed E-state index contributed by atoms with van der Waals surface area (Å²) in [7, 11) is 3.93. The van der Waals surface area contributed by atoms with Gasteiger partial charge >= 0.3 is 0 Å². The summed E-state index contributed by atoms with van der Waals surface area (Å²) in [6.07, 6.45) is 3.88. The first-order valence-electron chi connectivity index (χ1n) is 7.63. The molecule has 22 heavy (non-hydrogen) atoms. The molecule has 0 spiro atoms. The zero-order valence-corrected chi connectivity index (χ0v) is 13.4. The number of hydrogen-bond acceptors (Lipinski definition) is 5. The van der Waals surface area contributed by atoms with Gasteiger partial charge in [0, 0.05) is 51.7 Å². The summed E-state index contributed by atoms with van der Waals surface area (Å²) in [5.41, 5.74) is 2.24. The van der Waals surface area contributed by atoms with Crippen molar-refractivity contribution in [2.45, 2.75) is 19.6 Å². The Morgan fingerprint density at radius 3 is 3.05 bits per heavy atom. The van der Waals surface area contributed by atoms with Crippen molar-refractivity contribution in [1.29, 1.82) is 0 Å². The minimum absolute atomic E-state index is 0.0298. The number of imidazole rings is 1. The van der Waals surface area contributed by atoms with Crippen LogP contribution in [0.5, 0.6) is 0 Å². The van der Waals surface area contributed by atoms with Crippen LogP contribution in [0.3, 0.4) is 0 Å². The van der Waals surface area contributed by atoms with Crippen LogP contribution in [0.4, 0.5) is 5.82 Å². The molecule has 1 atom stereocenters. The van der Waals surface area contributed by atoms with Crippen LogP contribution in [-0.4, -0.2) is 46.2 Å². The lowest BCUT2D eigenvalue weighted by molar-refractivity contribution is -0.0383. The molecule has 0 unspecified atom stereocenters. The summed E-state index contributed by atoms with van der Waals surface area (Å²) in [6.45, 7) is 5.39. The zero-order chi connectivity index (χ0) is 15.5. The predicted octanol–water partition coefficient (Wildman–Crippen LogP) is 1.74. The fourth-order valence-corrected chi connectivity index (χ4v) is 2.97. The van der Waals surface area contributed by atoms with Gasteiger partial charge in [0.05, 0.1) is 12.3 Å². The molecule has 2 aromatic rings. The number of nitrogens with zero attached hydrogens (tertiary/aromatic N) is 4. The smallest absolute Gasteiger partial charge is 0.139 e. The van der Waals surface area contributed by atoms with Gasteiger partial charge < -0.3 is 14.6 Å². The molecule has 3 heterocycles. The van der Waals surface area contributed by atoms with Gasteiger partial charge in [-0.05, 0) is 13.0 Å². The fourth-order valence-electron chi connectivity index (χ4n) is 2.97. The summed E-state index contributed by atoms with van der Waals surface area (Å²) < 4.78 is 7.99. The second-order valence-corrected chi connectivity index (χ2v) is 5.71. The van der Waals surface area contributed by atoms with Gasteiger partial charge in [-0.1, -0.05) is 6.07 Å². The van der Waals surface area contributed by atoms with Crippen LogP contribution < -0.4 is 5.32 Å². The average Bonchev–Trinajstić information content (AvgIpc) is 2.87. The summed E-state index contributed by atoms with van der Waals surface area (Å²) in [4.78, 5) is 11.4. The molecule has 1 aliphatic rings. The number of ether oxygens (including phenoxy) is 1. The van der Waals surface area contributed by atoms with E-state index in [0.29, 0.717) is 0 Å². The number of nitrogens with one attached hydrogen (secondary N) is 1. The maximum Gasteiger partial charge on any atom is 0.139 e. The number of hydrogen-bond donors (Lipinski definition) is 1. The molecule has 3 rings (SSSR count). The van der Waals surface area contributed by atoms with Gasteiger partial charge in [0.1, 0.15) is 17.7 Å². The van der Waals surface area contributed by atoms with E-state index in [4.69, 9.17) is 4.74 Å². The van der Waals surface area contributed by atoms with Crippen molar-refractivity contribution in [2.75, 3.05) is 32.1 Å². The Hall–Kier alpha value is -1.92. The van der Waals surface area contributed by atoms with Crippen molar-refractivity contribution in [1.82, 2.24) is 19.4 Å². The molecule has 6 heteroatoms. The molecule has 1 N–H and O–H groups in total. The molecule has 118 valence electrons. The Balaban J connectivity index is 1.72. The van der Waals surface area contributed by atoms with Crippen LogP contribution in [-0.2, 0) is 18.3 Å². The van der Waals surface area contributed by atoms with Gasteiger partial charge in [0.15, 0.2) is 0 Å². The Kier molecular flexibility index (Phi) is 4.40. The molecule has 1 saturated heterocycles. The summed E-state index contributed by atoms with van der Waals surface area (Å²) in [5.74, 6) is 1.95. The maximum absolute atomic E-state index is 5.93. The van der Waals surface area contributed by atoms with Crippen LogP contribution in [0.25, 0.3) is 0 Å². The van der Waals surface area contributed by atoms with Crippen molar-refractivity contribution < 1.29 is 4.74 Å². The van der Waals surface area contributed by atoms with Crippen LogP contribution in [0.15, 0.2) is 24.5 Å². The van der Waals surface area contributed by atoms with E-state index in [1.165, 1.54) is 5.56 Å². The zero-order valence-electron chi connectivity index (χ0n) is 13.4. The largest absolute Gasteiger partial charge is 0.373 e. The van der Waals surface area contributed by atoms with Crippen molar-refractivity contribution in [2.24, 2.45) is 7.05 Å². The second kappa shape index (κ2) is 6.46. The first kappa shape index (κ1) is 15.0. The number of aromatic nitrogens is 3. The quantitative estimate of drug-likeness (QED) is 0.932. The number of morpholine rings is 1. The number of pyridine rings is 1. The van der Waals surface area contributed by atoms with E-state index in [0.717, 1.165) is 43.6 Å². The Labute approximate surface area is 131 Å². The summed E-state index contributed by atoms with van der Waals surface area (Å²) in [5, 5.41) is 3.16. The summed E-state index contributed by atoms with van der Waals surface area (Å²) >= 11 is 0. The minimum Gasteiger partial charge on any atom is -0.373 e. The molecule has 6 nitrogen and oxygen atoms in total. The van der Waals surface area contributed by atoms with Gasteiger partial charge in [-0.3, -0.25) is 4.90 Å². The maximum atomic E-state index is 5.93. The molecule has 0 bridgehead atoms. The van der Waals surface area contributed by atoms with Crippen LogP contribution in [0.2, 0.25) is 0 Å². The molecule has 0 aliphatic carbocycles. The first-order valence-corrected chi connectivity index (χ1v) is 7.63. The average molecular weight is 301 g/mol. The molecule has 1 fully saturated rings. The Morgan fingerprint density at radius 1 is 1.45 bits per heavy atom. The first-order chi connectivity index (χ1) is 10.7. The lowest BCUT2D eigenvalue weighted by Gasteiger charge is -2.32. The minimum atomic E-state index is 0.0298. The molecular weight excluding hydrogens is 278 g/mol. The Bertz CT molecular complexity index is 639. The molecule has 0 saturated carbocycles. The van der Waals surface area contributed by atoms with Gasteiger partial charge in [0.2, 0.25) is 0 Å². The van der Waals surface area contributed by atoms with Crippen molar-refractivity contribution in [3.05, 3.63) is 41.6 Å². The number of aryl methyl sites for hydroxylation is 2. The third kappa shape index (κ3) is 3.13. The standard InChI is InChI=1S/C16H23N5O/c1-12-9-20(3)16(19-12)14-11-21(7-8-22-14)10-13-5-4-6-18-15(13)17-2/h4-6,9,14H,7-8,10-11H2,1-3H3,(H,17,18)/t14-/m0/s1. The second-order valence-electron chi connectivity index (χ2n) is 5.71. The van der Waals surface area contributed by atoms with Crippen LogP contribution in [0.1, 0.15) is 23.2 Å². The molecule has 2 aromatic heterocycles. The van der Waals surface area contributed by atoms with Crippen molar-refractivity contribution in [3.63, 3.8) is 0 Å². The number of anilines is 1. The lowest BCUT2D eigenvalue weighted by atomic mass is 10.2. The molecule has 0 aromatic carbocycles. The highest BCUT2D eigenvalue weighted by Crippen LogP contribution is 2.23. The van der Waals surface area contributed by atoms with Crippen molar-refractivity contribution >= 4 is 5.82 Å². The van der Waals surface area contributed by atoms with E-state index in [9.17, 15) is 0 Å². The Morgan fingerprint density at radius 2 is 2.32 bits per heavy atom. The monoisotopic (exact) mass is 301 g/mol. The van der Waals surface area contributed by atoms with E-state index >= 15 is 0 Å². The summed E-state index contributed by atoms with van der Waals surface area (Å²) in [6, 6.07) is 4.10. The predicted molar refractivity (Wildman–Crippen MR) is 85.7 cm³/mol. The molecule has 1 aliphatic heterocycles. The van der Waals surface area contributed by atoms with Gasteiger partial charge in [-0.15, -0.1) is 0 Å². The van der Waals surface area contributed by atoms with E-state index < -0.39 is 0 Å². The third-order valence-electron chi connectivity index (χ3n) is 3.99.